The molecule has 8 heteroatoms. The van der Waals surface area contributed by atoms with Crippen LogP contribution in [0.15, 0.2) is 60.7 Å². The lowest BCUT2D eigenvalue weighted by Crippen LogP contribution is -2.41. The number of urea groups is 2. The van der Waals surface area contributed by atoms with E-state index in [1.54, 1.807) is 48.5 Å². The average Bonchev–Trinajstić information content (AvgIpc) is 2.71. The van der Waals surface area contributed by atoms with Gasteiger partial charge >= 0.3 is 12.1 Å². The lowest BCUT2D eigenvalue weighted by Gasteiger charge is -2.23. The maximum atomic E-state index is 12.0. The van der Waals surface area contributed by atoms with Gasteiger partial charge in [0.1, 0.15) is 13.2 Å². The molecule has 0 aliphatic heterocycles. The van der Waals surface area contributed by atoms with E-state index in [1.807, 2.05) is 12.1 Å². The van der Waals surface area contributed by atoms with Gasteiger partial charge in [-0.1, -0.05) is 36.4 Å². The van der Waals surface area contributed by atoms with Crippen LogP contribution in [-0.4, -0.2) is 39.4 Å². The highest BCUT2D eigenvalue weighted by Gasteiger charge is 2.17. The molecule has 0 unspecified atom stereocenters. The van der Waals surface area contributed by atoms with E-state index < -0.39 is 12.1 Å². The lowest BCUT2D eigenvalue weighted by molar-refractivity contribution is 0.0401. The van der Waals surface area contributed by atoms with Crippen molar-refractivity contribution in [2.24, 2.45) is 0 Å². The second-order valence-electron chi connectivity index (χ2n) is 5.04. The van der Waals surface area contributed by atoms with E-state index in [0.717, 1.165) is 10.1 Å². The van der Waals surface area contributed by atoms with Gasteiger partial charge in [0.05, 0.1) is 11.4 Å². The van der Waals surface area contributed by atoms with Crippen molar-refractivity contribution in [3.8, 4) is 0 Å². The van der Waals surface area contributed by atoms with Gasteiger partial charge in [0.2, 0.25) is 0 Å². The quantitative estimate of drug-likeness (QED) is 0.589. The summed E-state index contributed by atoms with van der Waals surface area (Å²) in [5.74, 6) is 0. The molecule has 0 atom stereocenters. The summed E-state index contributed by atoms with van der Waals surface area (Å²) in [5.41, 5.74) is 1.16. The van der Waals surface area contributed by atoms with Crippen LogP contribution in [0.2, 0.25) is 0 Å². The normalized spacial score (nSPS) is 10.1. The average molecular weight is 358 g/mol. The fraction of sp³-hybridized carbons (Fsp3) is 0.222. The van der Waals surface area contributed by atoms with Gasteiger partial charge in [-0.3, -0.25) is 9.68 Å². The number of nitrogens with one attached hydrogen (secondary N) is 2. The van der Waals surface area contributed by atoms with E-state index >= 15 is 0 Å². The first-order valence-electron chi connectivity index (χ1n) is 8.07. The van der Waals surface area contributed by atoms with Crippen molar-refractivity contribution < 1.29 is 19.3 Å². The molecule has 8 nitrogen and oxygen atoms in total. The number of nitrogens with zero attached hydrogens (tertiary/aromatic N) is 2. The van der Waals surface area contributed by atoms with Gasteiger partial charge in [0.25, 0.3) is 0 Å². The molecule has 2 N–H and O–H groups in total. The maximum Gasteiger partial charge on any atom is 0.345 e. The number of para-hydroxylation sites is 2. The monoisotopic (exact) mass is 358 g/mol. The number of carbonyl (C=O) groups excluding carboxylic acids is 2. The van der Waals surface area contributed by atoms with E-state index in [2.05, 4.69) is 10.6 Å². The predicted octanol–water partition coefficient (Wildman–Crippen LogP) is 2.54. The van der Waals surface area contributed by atoms with E-state index in [4.69, 9.17) is 9.68 Å². The molecule has 0 heterocycles. The topological polar surface area (TPSA) is 83.1 Å². The van der Waals surface area contributed by atoms with Crippen LogP contribution in [0.5, 0.6) is 0 Å². The highest BCUT2D eigenvalue weighted by Crippen LogP contribution is 2.15. The molecule has 2 aromatic carbocycles. The number of hydrogen-bond acceptors (Lipinski definition) is 4. The van der Waals surface area contributed by atoms with Crippen molar-refractivity contribution in [1.82, 2.24) is 10.6 Å². The molecular weight excluding hydrogens is 336 g/mol. The molecule has 26 heavy (non-hydrogen) atoms. The number of carbonyl (C=O) groups is 2. The van der Waals surface area contributed by atoms with E-state index in [0.29, 0.717) is 11.4 Å². The van der Waals surface area contributed by atoms with E-state index in [1.165, 1.54) is 14.1 Å². The second kappa shape index (κ2) is 10.0. The predicted molar refractivity (Wildman–Crippen MR) is 98.7 cm³/mol. The summed E-state index contributed by atoms with van der Waals surface area (Å²) >= 11 is 0. The first-order chi connectivity index (χ1) is 12.7. The molecule has 4 amide bonds. The molecule has 0 aliphatic carbocycles. The molecule has 0 bridgehead atoms. The Balaban J connectivity index is 1.95. The maximum absolute atomic E-state index is 12.0. The van der Waals surface area contributed by atoms with E-state index in [-0.39, 0.29) is 13.2 Å². The third-order valence-corrected chi connectivity index (χ3v) is 3.30. The van der Waals surface area contributed by atoms with Gasteiger partial charge in [0, 0.05) is 14.1 Å². The van der Waals surface area contributed by atoms with Crippen molar-refractivity contribution in [3.63, 3.8) is 0 Å². The van der Waals surface area contributed by atoms with Crippen LogP contribution >= 0.6 is 0 Å². The summed E-state index contributed by atoms with van der Waals surface area (Å²) in [6.45, 7) is 0.116. The summed E-state index contributed by atoms with van der Waals surface area (Å²) in [6, 6.07) is 17.0. The Hall–Kier alpha value is -3.10. The number of amides is 4. The zero-order chi connectivity index (χ0) is 18.8. The van der Waals surface area contributed by atoms with Gasteiger partial charge < -0.3 is 10.6 Å². The summed E-state index contributed by atoms with van der Waals surface area (Å²) in [6.07, 6.45) is 0. The Bertz CT molecular complexity index is 635. The minimum Gasteiger partial charge on any atom is -0.339 e. The highest BCUT2D eigenvalue weighted by atomic mass is 16.7. The minimum absolute atomic E-state index is 0.0582. The molecule has 0 aliphatic rings. The number of hydrogen-bond donors (Lipinski definition) is 2. The van der Waals surface area contributed by atoms with Gasteiger partial charge in [-0.05, 0) is 24.3 Å². The van der Waals surface area contributed by atoms with Crippen LogP contribution < -0.4 is 20.8 Å². The van der Waals surface area contributed by atoms with E-state index in [9.17, 15) is 9.59 Å². The zero-order valence-electron chi connectivity index (χ0n) is 14.7. The van der Waals surface area contributed by atoms with Gasteiger partial charge in [-0.2, -0.15) is 10.1 Å². The Labute approximate surface area is 152 Å². The smallest absolute Gasteiger partial charge is 0.339 e. The molecule has 0 spiro atoms. The van der Waals surface area contributed by atoms with Gasteiger partial charge in [0.15, 0.2) is 0 Å². The van der Waals surface area contributed by atoms with Crippen LogP contribution in [-0.2, 0) is 9.68 Å². The van der Waals surface area contributed by atoms with Crippen molar-refractivity contribution in [2.75, 3.05) is 37.4 Å². The van der Waals surface area contributed by atoms with Crippen molar-refractivity contribution in [2.45, 2.75) is 0 Å². The van der Waals surface area contributed by atoms with Crippen molar-refractivity contribution >= 4 is 23.4 Å². The molecule has 0 fully saturated rings. The third kappa shape index (κ3) is 5.20. The summed E-state index contributed by atoms with van der Waals surface area (Å²) in [4.78, 5) is 35.0. The molecule has 138 valence electrons. The minimum atomic E-state index is -0.414. The molecule has 2 aromatic rings. The Morgan fingerprint density at radius 2 is 1.08 bits per heavy atom. The highest BCUT2D eigenvalue weighted by molar-refractivity contribution is 5.90. The molecule has 0 aromatic heterocycles. The molecule has 0 saturated carbocycles. The molecular formula is C18H22N4O4. The standard InChI is InChI=1S/C18H22N4O4/c1-19-17(23)21(15-9-5-3-6-10-15)25-13-14-26-22(18(24)20-2)16-11-7-4-8-12-16/h3-12H,13-14H2,1-2H3,(H,19,23)(H,20,24). The Morgan fingerprint density at radius 1 is 0.731 bits per heavy atom. The molecule has 0 saturated heterocycles. The lowest BCUT2D eigenvalue weighted by atomic mass is 10.3. The number of hydroxylamine groups is 2. The SMILES string of the molecule is CNC(=O)N(OCCON(C(=O)NC)c1ccccc1)c1ccccc1. The number of anilines is 2. The Kier molecular flexibility index (Phi) is 7.41. The van der Waals surface area contributed by atoms with Crippen LogP contribution in [0.4, 0.5) is 21.0 Å². The number of benzene rings is 2. The summed E-state index contributed by atoms with van der Waals surface area (Å²) in [5, 5.41) is 7.30. The summed E-state index contributed by atoms with van der Waals surface area (Å²) in [7, 11) is 3.03. The van der Waals surface area contributed by atoms with Gasteiger partial charge in [-0.15, -0.1) is 0 Å². The fourth-order valence-corrected chi connectivity index (χ4v) is 2.09. The van der Waals surface area contributed by atoms with Crippen molar-refractivity contribution in [3.05, 3.63) is 60.7 Å². The second-order valence-corrected chi connectivity index (χ2v) is 5.04. The van der Waals surface area contributed by atoms with Crippen molar-refractivity contribution in [1.29, 1.82) is 0 Å². The fourth-order valence-electron chi connectivity index (χ4n) is 2.09. The van der Waals surface area contributed by atoms with Crippen LogP contribution in [0.25, 0.3) is 0 Å². The van der Waals surface area contributed by atoms with Gasteiger partial charge in [-0.25, -0.2) is 9.59 Å². The van der Waals surface area contributed by atoms with Crippen LogP contribution in [0.1, 0.15) is 0 Å². The first kappa shape index (κ1) is 19.2. The third-order valence-electron chi connectivity index (χ3n) is 3.30. The molecule has 0 radical (unpaired) electrons. The number of rotatable bonds is 7. The van der Waals surface area contributed by atoms with Crippen LogP contribution in [0, 0.1) is 0 Å². The Morgan fingerprint density at radius 3 is 1.38 bits per heavy atom. The summed E-state index contributed by atoms with van der Waals surface area (Å²) < 4.78 is 0. The largest absolute Gasteiger partial charge is 0.345 e. The molecule has 2 rings (SSSR count). The zero-order valence-corrected chi connectivity index (χ0v) is 14.7. The first-order valence-corrected chi connectivity index (χ1v) is 8.07. The van der Waals surface area contributed by atoms with Crippen LogP contribution in [0.3, 0.4) is 0 Å².